The molecule has 1 N–H and O–H groups in total. The van der Waals surface area contributed by atoms with E-state index in [0.29, 0.717) is 19.4 Å². The van der Waals surface area contributed by atoms with Gasteiger partial charge in [-0.25, -0.2) is 0 Å². The van der Waals surface area contributed by atoms with Crippen molar-refractivity contribution in [2.75, 3.05) is 6.61 Å². The van der Waals surface area contributed by atoms with Crippen LogP contribution in [0.15, 0.2) is 18.2 Å². The van der Waals surface area contributed by atoms with Gasteiger partial charge in [-0.15, -0.1) is 0 Å². The average Bonchev–Trinajstić information content (AvgIpc) is 2.40. The maximum absolute atomic E-state index is 10.9. The summed E-state index contributed by atoms with van der Waals surface area (Å²) in [5.74, 6) is -0.165. The fraction of sp³-hybridized carbons (Fsp3) is 0.417. The van der Waals surface area contributed by atoms with E-state index in [4.69, 9.17) is 9.84 Å². The second-order valence-corrected chi connectivity index (χ2v) is 3.94. The summed E-state index contributed by atoms with van der Waals surface area (Å²) in [6, 6.07) is 5.88. The zero-order chi connectivity index (χ0) is 10.8. The van der Waals surface area contributed by atoms with Crippen LogP contribution in [0.5, 0.6) is 5.75 Å². The summed E-state index contributed by atoms with van der Waals surface area (Å²) in [4.78, 5) is 10.9. The van der Waals surface area contributed by atoms with Crippen LogP contribution >= 0.6 is 0 Å². The third-order valence-corrected chi connectivity index (χ3v) is 2.82. The number of aryl methyl sites for hydroxylation is 1. The Bertz CT molecular complexity index is 384. The molecule has 0 fully saturated rings. The topological polar surface area (TPSA) is 46.5 Å². The van der Waals surface area contributed by atoms with Crippen LogP contribution in [-0.2, 0) is 11.2 Å². The smallest absolute Gasteiger partial charge is 0.306 e. The van der Waals surface area contributed by atoms with Crippen molar-refractivity contribution >= 4 is 5.97 Å². The molecule has 1 atom stereocenters. The van der Waals surface area contributed by atoms with E-state index in [1.54, 1.807) is 0 Å². The normalized spacial score (nSPS) is 19.9. The maximum atomic E-state index is 10.9. The summed E-state index contributed by atoms with van der Waals surface area (Å²) in [6.45, 7) is 2.48. The number of carbonyl (C=O) groups is 1. The van der Waals surface area contributed by atoms with E-state index < -0.39 is 5.97 Å². The van der Waals surface area contributed by atoms with Gasteiger partial charge < -0.3 is 9.84 Å². The molecule has 0 amide bonds. The number of carboxylic acid groups (broad SMARTS) is 1. The Labute approximate surface area is 88.7 Å². The Morgan fingerprint density at radius 3 is 3.07 bits per heavy atom. The molecule has 0 saturated carbocycles. The molecule has 0 radical (unpaired) electrons. The van der Waals surface area contributed by atoms with Crippen molar-refractivity contribution in [2.24, 2.45) is 5.92 Å². The Morgan fingerprint density at radius 1 is 1.53 bits per heavy atom. The van der Waals surface area contributed by atoms with Gasteiger partial charge in [0.2, 0.25) is 0 Å². The number of rotatable bonds is 1. The van der Waals surface area contributed by atoms with Gasteiger partial charge in [0.05, 0.1) is 12.5 Å². The van der Waals surface area contributed by atoms with Crippen molar-refractivity contribution in [1.29, 1.82) is 0 Å². The number of fused-ring (bicyclic) bond motifs is 1. The number of hydrogen-bond donors (Lipinski definition) is 1. The molecule has 1 heterocycles. The highest BCUT2D eigenvalue weighted by Crippen LogP contribution is 2.29. The van der Waals surface area contributed by atoms with Gasteiger partial charge >= 0.3 is 5.97 Å². The highest BCUT2D eigenvalue weighted by atomic mass is 16.5. The molecule has 80 valence electrons. The monoisotopic (exact) mass is 206 g/mol. The summed E-state index contributed by atoms with van der Waals surface area (Å²) in [5, 5.41) is 9.00. The summed E-state index contributed by atoms with van der Waals surface area (Å²) >= 11 is 0. The lowest BCUT2D eigenvalue weighted by molar-refractivity contribution is -0.142. The first-order chi connectivity index (χ1) is 7.18. The highest BCUT2D eigenvalue weighted by molar-refractivity contribution is 5.70. The Kier molecular flexibility index (Phi) is 2.62. The molecule has 1 aromatic carbocycles. The first-order valence-electron chi connectivity index (χ1n) is 5.12. The van der Waals surface area contributed by atoms with Crippen molar-refractivity contribution < 1.29 is 14.6 Å². The quantitative estimate of drug-likeness (QED) is 0.764. The molecule has 1 aliphatic rings. The molecule has 1 aliphatic heterocycles. The van der Waals surface area contributed by atoms with Crippen LogP contribution in [0, 0.1) is 12.8 Å². The molecule has 0 aliphatic carbocycles. The molecule has 0 spiro atoms. The second kappa shape index (κ2) is 3.93. The van der Waals surface area contributed by atoms with Crippen molar-refractivity contribution in [3.63, 3.8) is 0 Å². The average molecular weight is 206 g/mol. The van der Waals surface area contributed by atoms with Crippen LogP contribution in [-0.4, -0.2) is 17.7 Å². The van der Waals surface area contributed by atoms with Crippen LogP contribution in [0.25, 0.3) is 0 Å². The van der Waals surface area contributed by atoms with E-state index in [9.17, 15) is 4.79 Å². The van der Waals surface area contributed by atoms with Crippen molar-refractivity contribution in [3.05, 3.63) is 29.3 Å². The van der Waals surface area contributed by atoms with E-state index in [-0.39, 0.29) is 5.92 Å². The Morgan fingerprint density at radius 2 is 2.33 bits per heavy atom. The van der Waals surface area contributed by atoms with Gasteiger partial charge in [0.1, 0.15) is 5.75 Å². The zero-order valence-corrected chi connectivity index (χ0v) is 8.69. The number of benzene rings is 1. The van der Waals surface area contributed by atoms with E-state index in [0.717, 1.165) is 16.9 Å². The van der Waals surface area contributed by atoms with Gasteiger partial charge in [0.15, 0.2) is 0 Å². The van der Waals surface area contributed by atoms with Crippen molar-refractivity contribution in [2.45, 2.75) is 19.8 Å². The minimum atomic E-state index is -0.729. The van der Waals surface area contributed by atoms with Gasteiger partial charge in [0.25, 0.3) is 0 Å². The molecule has 15 heavy (non-hydrogen) atoms. The molecule has 0 bridgehead atoms. The summed E-state index contributed by atoms with van der Waals surface area (Å²) in [5.41, 5.74) is 2.10. The third-order valence-electron chi connectivity index (χ3n) is 2.82. The maximum Gasteiger partial charge on any atom is 0.306 e. The predicted molar refractivity (Wildman–Crippen MR) is 56.1 cm³/mol. The minimum absolute atomic E-state index is 0.312. The summed E-state index contributed by atoms with van der Waals surface area (Å²) in [6.07, 6.45) is 1.16. The first kappa shape index (κ1) is 10.0. The first-order valence-corrected chi connectivity index (χ1v) is 5.12. The minimum Gasteiger partial charge on any atom is -0.493 e. The number of aliphatic carboxylic acids is 1. The van der Waals surface area contributed by atoms with Crippen LogP contribution in [0.1, 0.15) is 17.5 Å². The SMILES string of the molecule is Cc1cccc2c1OCCC(C(=O)O)C2. The molecule has 3 heteroatoms. The van der Waals surface area contributed by atoms with Crippen LogP contribution in [0.4, 0.5) is 0 Å². The fourth-order valence-corrected chi connectivity index (χ4v) is 1.96. The van der Waals surface area contributed by atoms with E-state index in [2.05, 4.69) is 0 Å². The van der Waals surface area contributed by atoms with Gasteiger partial charge in [-0.05, 0) is 30.9 Å². The molecule has 0 aromatic heterocycles. The summed E-state index contributed by atoms with van der Waals surface area (Å²) < 4.78 is 5.60. The number of ether oxygens (including phenoxy) is 1. The van der Waals surface area contributed by atoms with Gasteiger partial charge in [-0.1, -0.05) is 18.2 Å². The molecular weight excluding hydrogens is 192 g/mol. The van der Waals surface area contributed by atoms with E-state index in [1.165, 1.54) is 0 Å². The van der Waals surface area contributed by atoms with E-state index in [1.807, 2.05) is 25.1 Å². The fourth-order valence-electron chi connectivity index (χ4n) is 1.96. The summed E-state index contributed by atoms with van der Waals surface area (Å²) in [7, 11) is 0. The van der Waals surface area contributed by atoms with Crippen LogP contribution in [0.2, 0.25) is 0 Å². The number of hydrogen-bond acceptors (Lipinski definition) is 2. The molecule has 0 saturated heterocycles. The highest BCUT2D eigenvalue weighted by Gasteiger charge is 2.23. The van der Waals surface area contributed by atoms with Crippen LogP contribution in [0.3, 0.4) is 0 Å². The molecule has 3 nitrogen and oxygen atoms in total. The Hall–Kier alpha value is -1.51. The molecule has 1 unspecified atom stereocenters. The standard InChI is InChI=1S/C12H14O3/c1-8-3-2-4-9-7-10(12(13)14)5-6-15-11(8)9/h2-4,10H,5-7H2,1H3,(H,13,14). The largest absolute Gasteiger partial charge is 0.493 e. The predicted octanol–water partition coefficient (Wildman–Crippen LogP) is 2.02. The van der Waals surface area contributed by atoms with E-state index >= 15 is 0 Å². The van der Waals surface area contributed by atoms with Crippen molar-refractivity contribution in [3.8, 4) is 5.75 Å². The third kappa shape index (κ3) is 1.96. The molecule has 2 rings (SSSR count). The Balaban J connectivity index is 2.34. The van der Waals surface area contributed by atoms with Crippen molar-refractivity contribution in [1.82, 2.24) is 0 Å². The lowest BCUT2D eigenvalue weighted by Crippen LogP contribution is -2.16. The molecule has 1 aromatic rings. The van der Waals surface area contributed by atoms with Gasteiger partial charge in [-0.3, -0.25) is 4.79 Å². The van der Waals surface area contributed by atoms with Gasteiger partial charge in [-0.2, -0.15) is 0 Å². The lowest BCUT2D eigenvalue weighted by atomic mass is 9.96. The number of para-hydroxylation sites is 1. The number of carboxylic acids is 1. The second-order valence-electron chi connectivity index (χ2n) is 3.94. The zero-order valence-electron chi connectivity index (χ0n) is 8.69. The van der Waals surface area contributed by atoms with Gasteiger partial charge in [0, 0.05) is 0 Å². The van der Waals surface area contributed by atoms with Crippen LogP contribution < -0.4 is 4.74 Å². The molecular formula is C12H14O3. The lowest BCUT2D eigenvalue weighted by Gasteiger charge is -2.09.